The number of H-pyrrole nitrogens is 1. The van der Waals surface area contributed by atoms with E-state index in [0.29, 0.717) is 5.92 Å². The van der Waals surface area contributed by atoms with E-state index in [4.69, 9.17) is 0 Å². The number of likely N-dealkylation sites (N-methyl/N-ethyl adjacent to an activating group) is 1. The van der Waals surface area contributed by atoms with Gasteiger partial charge >= 0.3 is 5.97 Å². The number of carboxylic acids is 1. The average Bonchev–Trinajstić information content (AvgIpc) is 3.05. The number of hydrogen-bond acceptors (Lipinski definition) is 3. The Morgan fingerprint density at radius 2 is 2.07 bits per heavy atom. The number of hydrogen-bond donors (Lipinski definition) is 3. The lowest BCUT2D eigenvalue weighted by atomic mass is 9.70. The molecule has 1 saturated heterocycles. The maximum atomic E-state index is 13.1. The maximum Gasteiger partial charge on any atom is 0.326 e. The van der Waals surface area contributed by atoms with E-state index in [-0.39, 0.29) is 29.8 Å². The molecular formula is C22H29N3O3. The van der Waals surface area contributed by atoms with Gasteiger partial charge in [-0.15, -0.1) is 0 Å². The van der Waals surface area contributed by atoms with Crippen molar-refractivity contribution in [3.63, 3.8) is 0 Å². The van der Waals surface area contributed by atoms with E-state index in [9.17, 15) is 14.7 Å². The van der Waals surface area contributed by atoms with Crippen molar-refractivity contribution in [2.45, 2.75) is 57.7 Å². The van der Waals surface area contributed by atoms with Crippen LogP contribution in [0.1, 0.15) is 44.2 Å². The van der Waals surface area contributed by atoms with Crippen molar-refractivity contribution in [2.24, 2.45) is 11.8 Å². The van der Waals surface area contributed by atoms with Gasteiger partial charge in [0.1, 0.15) is 6.04 Å². The number of aliphatic carboxylic acids is 1. The third-order valence-corrected chi connectivity index (χ3v) is 6.74. The Hall–Kier alpha value is -2.34. The molecule has 6 heteroatoms. The van der Waals surface area contributed by atoms with Crippen LogP contribution in [0.3, 0.4) is 0 Å². The highest BCUT2D eigenvalue weighted by Crippen LogP contribution is 2.46. The second-order valence-electron chi connectivity index (χ2n) is 8.85. The SMILES string of the molecule is CC(C)[C@H](NC(=O)[C@@H]1[C@H](C)C[C@@H]2c3cccc4[nH]cc(c34)C[C@H]2N1C)C(=O)O. The van der Waals surface area contributed by atoms with Crippen LogP contribution in [-0.2, 0) is 16.0 Å². The van der Waals surface area contributed by atoms with Crippen LogP contribution < -0.4 is 5.32 Å². The lowest BCUT2D eigenvalue weighted by molar-refractivity contribution is -0.145. The fourth-order valence-corrected chi connectivity index (χ4v) is 5.38. The Balaban J connectivity index is 1.62. The minimum Gasteiger partial charge on any atom is -0.480 e. The van der Waals surface area contributed by atoms with E-state index in [1.54, 1.807) is 0 Å². The van der Waals surface area contributed by atoms with Crippen molar-refractivity contribution < 1.29 is 14.7 Å². The first kappa shape index (κ1) is 19.0. The monoisotopic (exact) mass is 383 g/mol. The molecule has 1 aliphatic carbocycles. The summed E-state index contributed by atoms with van der Waals surface area (Å²) in [6.07, 6.45) is 3.92. The van der Waals surface area contributed by atoms with E-state index in [0.717, 1.165) is 12.8 Å². The van der Waals surface area contributed by atoms with Gasteiger partial charge in [-0.05, 0) is 48.9 Å². The van der Waals surface area contributed by atoms with Gasteiger partial charge in [0.15, 0.2) is 0 Å². The van der Waals surface area contributed by atoms with Gasteiger partial charge in [0.25, 0.3) is 0 Å². The number of amides is 1. The fraction of sp³-hybridized carbons (Fsp3) is 0.545. The smallest absolute Gasteiger partial charge is 0.326 e. The normalized spacial score (nSPS) is 28.2. The summed E-state index contributed by atoms with van der Waals surface area (Å²) in [5, 5.41) is 13.6. The molecule has 0 unspecified atom stereocenters. The molecule has 6 nitrogen and oxygen atoms in total. The molecule has 4 rings (SSSR count). The molecule has 0 spiro atoms. The molecule has 2 heterocycles. The molecule has 0 radical (unpaired) electrons. The average molecular weight is 383 g/mol. The lowest BCUT2D eigenvalue weighted by Crippen LogP contribution is -2.61. The molecule has 2 aliphatic rings. The van der Waals surface area contributed by atoms with E-state index in [2.05, 4.69) is 46.5 Å². The van der Waals surface area contributed by atoms with Crippen LogP contribution in [-0.4, -0.2) is 52.0 Å². The topological polar surface area (TPSA) is 85.4 Å². The highest BCUT2D eigenvalue weighted by atomic mass is 16.4. The number of nitrogens with zero attached hydrogens (tertiary/aromatic N) is 1. The largest absolute Gasteiger partial charge is 0.480 e. The Kier molecular flexibility index (Phi) is 4.70. The predicted octanol–water partition coefficient (Wildman–Crippen LogP) is 2.74. The third kappa shape index (κ3) is 2.91. The number of aromatic amines is 1. The zero-order chi connectivity index (χ0) is 20.2. The second-order valence-corrected chi connectivity index (χ2v) is 8.85. The standard InChI is InChI=1S/C22H29N3O3/c1-11(2)19(22(27)28)24-21(26)20-12(3)8-15-14-6-5-7-16-18(14)13(10-23-16)9-17(15)25(20)4/h5-7,10-12,15,17,19-20,23H,8-9H2,1-4H3,(H,24,26)(H,27,28)/t12-,15-,17-,19+,20+/m1/s1. The van der Waals surface area contributed by atoms with Crippen molar-refractivity contribution in [2.75, 3.05) is 7.05 Å². The Labute approximate surface area is 165 Å². The summed E-state index contributed by atoms with van der Waals surface area (Å²) >= 11 is 0. The van der Waals surface area contributed by atoms with Crippen LogP contribution in [0, 0.1) is 11.8 Å². The number of benzene rings is 1. The van der Waals surface area contributed by atoms with Crippen LogP contribution in [0.25, 0.3) is 10.9 Å². The molecule has 5 atom stereocenters. The van der Waals surface area contributed by atoms with Gasteiger partial charge in [-0.3, -0.25) is 9.69 Å². The predicted molar refractivity (Wildman–Crippen MR) is 108 cm³/mol. The van der Waals surface area contributed by atoms with E-state index < -0.39 is 12.0 Å². The number of carbonyl (C=O) groups excluding carboxylic acids is 1. The van der Waals surface area contributed by atoms with E-state index >= 15 is 0 Å². The molecule has 0 bridgehead atoms. The first-order chi connectivity index (χ1) is 13.3. The molecule has 1 fully saturated rings. The van der Waals surface area contributed by atoms with Gasteiger partial charge in [-0.2, -0.15) is 0 Å². The van der Waals surface area contributed by atoms with Crippen LogP contribution in [0.4, 0.5) is 0 Å². The van der Waals surface area contributed by atoms with Crippen molar-refractivity contribution in [1.82, 2.24) is 15.2 Å². The van der Waals surface area contributed by atoms with E-state index in [1.807, 2.05) is 20.9 Å². The molecule has 1 aliphatic heterocycles. The number of fused-ring (bicyclic) bond motifs is 2. The molecule has 1 amide bonds. The van der Waals surface area contributed by atoms with Gasteiger partial charge in [0.2, 0.25) is 5.91 Å². The summed E-state index contributed by atoms with van der Waals surface area (Å²) in [5.74, 6) is -0.783. The minimum absolute atomic E-state index is 0.142. The number of carbonyl (C=O) groups is 2. The summed E-state index contributed by atoms with van der Waals surface area (Å²) in [6.45, 7) is 5.74. The zero-order valence-corrected chi connectivity index (χ0v) is 16.9. The lowest BCUT2D eigenvalue weighted by Gasteiger charge is -2.49. The highest BCUT2D eigenvalue weighted by Gasteiger charge is 2.46. The van der Waals surface area contributed by atoms with Crippen molar-refractivity contribution in [1.29, 1.82) is 0 Å². The molecule has 1 aromatic heterocycles. The van der Waals surface area contributed by atoms with E-state index in [1.165, 1.54) is 22.0 Å². The second kappa shape index (κ2) is 6.92. The summed E-state index contributed by atoms with van der Waals surface area (Å²) in [4.78, 5) is 30.2. The summed E-state index contributed by atoms with van der Waals surface area (Å²) in [5.41, 5.74) is 3.86. The molecule has 2 aromatic rings. The van der Waals surface area contributed by atoms with Crippen molar-refractivity contribution >= 4 is 22.8 Å². The first-order valence-electron chi connectivity index (χ1n) is 10.1. The Morgan fingerprint density at radius 1 is 1.32 bits per heavy atom. The van der Waals surface area contributed by atoms with Gasteiger partial charge in [0.05, 0.1) is 6.04 Å². The molecule has 150 valence electrons. The van der Waals surface area contributed by atoms with Gasteiger partial charge in [0, 0.05) is 29.1 Å². The number of likely N-dealkylation sites (tertiary alicyclic amines) is 1. The number of rotatable bonds is 4. The fourth-order valence-electron chi connectivity index (χ4n) is 5.38. The summed E-state index contributed by atoms with van der Waals surface area (Å²) in [7, 11) is 2.01. The number of aromatic nitrogens is 1. The van der Waals surface area contributed by atoms with Crippen LogP contribution in [0.2, 0.25) is 0 Å². The van der Waals surface area contributed by atoms with Gasteiger partial charge < -0.3 is 15.4 Å². The Morgan fingerprint density at radius 3 is 2.75 bits per heavy atom. The molecule has 28 heavy (non-hydrogen) atoms. The highest BCUT2D eigenvalue weighted by molar-refractivity contribution is 5.89. The molecule has 1 aromatic carbocycles. The van der Waals surface area contributed by atoms with Crippen molar-refractivity contribution in [3.05, 3.63) is 35.5 Å². The third-order valence-electron chi connectivity index (χ3n) is 6.74. The number of nitrogens with one attached hydrogen (secondary N) is 2. The van der Waals surface area contributed by atoms with Crippen molar-refractivity contribution in [3.8, 4) is 0 Å². The summed E-state index contributed by atoms with van der Waals surface area (Å²) < 4.78 is 0. The molecule has 0 saturated carbocycles. The zero-order valence-electron chi connectivity index (χ0n) is 16.9. The minimum atomic E-state index is -0.978. The molecular weight excluding hydrogens is 354 g/mol. The maximum absolute atomic E-state index is 13.1. The van der Waals surface area contributed by atoms with Crippen LogP contribution in [0.5, 0.6) is 0 Å². The summed E-state index contributed by atoms with van der Waals surface area (Å²) in [6, 6.07) is 5.50. The molecule has 3 N–H and O–H groups in total. The van der Waals surface area contributed by atoms with Crippen LogP contribution in [0.15, 0.2) is 24.4 Å². The number of piperidine rings is 1. The van der Waals surface area contributed by atoms with Gasteiger partial charge in [-0.1, -0.05) is 32.9 Å². The van der Waals surface area contributed by atoms with Crippen LogP contribution >= 0.6 is 0 Å². The quantitative estimate of drug-likeness (QED) is 0.758. The number of carboxylic acid groups (broad SMARTS) is 1. The first-order valence-corrected chi connectivity index (χ1v) is 10.1. The van der Waals surface area contributed by atoms with Gasteiger partial charge in [-0.25, -0.2) is 4.79 Å². The Bertz CT molecular complexity index is 919.